The molecule has 132 valence electrons. The van der Waals surface area contributed by atoms with Crippen molar-refractivity contribution in [2.24, 2.45) is 0 Å². The van der Waals surface area contributed by atoms with Crippen LogP contribution in [0, 0.1) is 0 Å². The molecule has 0 atom stereocenters. The molecule has 0 saturated carbocycles. The molecule has 7 heteroatoms. The number of carbonyl (C=O) groups is 1. The number of rotatable bonds is 4. The van der Waals surface area contributed by atoms with Crippen LogP contribution >= 0.6 is 11.6 Å². The molecule has 0 spiro atoms. The number of sulfonamides is 1. The maximum atomic E-state index is 12.6. The fourth-order valence-electron chi connectivity index (χ4n) is 2.60. The molecule has 1 heterocycles. The molecule has 26 heavy (non-hydrogen) atoms. The third-order valence-corrected chi connectivity index (χ3v) is 5.55. The fourth-order valence-corrected chi connectivity index (χ4v) is 4.05. The minimum Gasteiger partial charge on any atom is -0.269 e. The molecule has 1 N–H and O–H groups in total. The lowest BCUT2D eigenvalue weighted by molar-refractivity contribution is -0.114. The van der Waals surface area contributed by atoms with E-state index in [9.17, 15) is 13.2 Å². The van der Waals surface area contributed by atoms with Crippen molar-refractivity contribution in [1.82, 2.24) is 9.71 Å². The van der Waals surface area contributed by atoms with Gasteiger partial charge in [0.05, 0.1) is 4.90 Å². The Hall–Kier alpha value is -2.70. The number of amides is 1. The predicted molar refractivity (Wildman–Crippen MR) is 102 cm³/mol. The molecule has 0 aliphatic rings. The lowest BCUT2D eigenvalue weighted by atomic mass is 10.1. The van der Waals surface area contributed by atoms with Gasteiger partial charge in [-0.05, 0) is 36.3 Å². The number of nitrogens with one attached hydrogen (secondary N) is 1. The Bertz CT molecular complexity index is 1120. The van der Waals surface area contributed by atoms with Crippen molar-refractivity contribution in [3.05, 3.63) is 77.6 Å². The first-order chi connectivity index (χ1) is 12.4. The van der Waals surface area contributed by atoms with Crippen molar-refractivity contribution >= 4 is 43.9 Å². The fraction of sp³-hybridized carbons (Fsp3) is 0.0526. The molecule has 0 aliphatic carbocycles. The summed E-state index contributed by atoms with van der Waals surface area (Å²) in [5, 5.41) is 1.65. The van der Waals surface area contributed by atoms with Crippen LogP contribution in [0.25, 0.3) is 16.3 Å². The van der Waals surface area contributed by atoms with E-state index in [0.717, 1.165) is 0 Å². The Morgan fingerprint density at radius 1 is 1.12 bits per heavy atom. The molecule has 3 rings (SSSR count). The SMILES string of the molecule is CC(=CC(=O)NS(=O)(=O)c1cccc2cnccc12)c1ccccc1Cl. The molecular formula is C19H15ClN2O3S. The summed E-state index contributed by atoms with van der Waals surface area (Å²) in [6, 6.07) is 13.4. The first kappa shape index (κ1) is 18.1. The van der Waals surface area contributed by atoms with Crippen LogP contribution in [0.4, 0.5) is 0 Å². The summed E-state index contributed by atoms with van der Waals surface area (Å²) >= 11 is 6.10. The van der Waals surface area contributed by atoms with Crippen LogP contribution in [0.5, 0.6) is 0 Å². The molecule has 0 radical (unpaired) electrons. The second-order valence-corrected chi connectivity index (χ2v) is 7.69. The van der Waals surface area contributed by atoms with E-state index in [2.05, 4.69) is 9.71 Å². The Morgan fingerprint density at radius 2 is 1.88 bits per heavy atom. The Balaban J connectivity index is 1.91. The minimum absolute atomic E-state index is 0.0227. The number of benzene rings is 2. The summed E-state index contributed by atoms with van der Waals surface area (Å²) in [7, 11) is -4.03. The summed E-state index contributed by atoms with van der Waals surface area (Å²) in [5.74, 6) is -0.742. The summed E-state index contributed by atoms with van der Waals surface area (Å²) in [4.78, 5) is 16.2. The van der Waals surface area contributed by atoms with Gasteiger partial charge in [-0.1, -0.05) is 41.9 Å². The molecule has 3 aromatic rings. The Labute approximate surface area is 156 Å². The number of pyridine rings is 1. The van der Waals surface area contributed by atoms with Gasteiger partial charge in [0.2, 0.25) is 0 Å². The van der Waals surface area contributed by atoms with Crippen LogP contribution in [0.15, 0.2) is 71.9 Å². The predicted octanol–water partition coefficient (Wildman–Crippen LogP) is 3.80. The van der Waals surface area contributed by atoms with Crippen molar-refractivity contribution in [3.8, 4) is 0 Å². The number of allylic oxidation sites excluding steroid dienone is 1. The van der Waals surface area contributed by atoms with Crippen LogP contribution in [-0.2, 0) is 14.8 Å². The van der Waals surface area contributed by atoms with Crippen molar-refractivity contribution < 1.29 is 13.2 Å². The highest BCUT2D eigenvalue weighted by Gasteiger charge is 2.19. The number of carbonyl (C=O) groups excluding carboxylic acids is 1. The van der Waals surface area contributed by atoms with Gasteiger partial charge in [0.1, 0.15) is 0 Å². The van der Waals surface area contributed by atoms with Gasteiger partial charge in [-0.3, -0.25) is 9.78 Å². The molecule has 0 fully saturated rings. The summed E-state index contributed by atoms with van der Waals surface area (Å²) in [6.45, 7) is 1.69. The van der Waals surface area contributed by atoms with Gasteiger partial charge in [0, 0.05) is 34.3 Å². The molecule has 2 aromatic carbocycles. The summed E-state index contributed by atoms with van der Waals surface area (Å²) in [6.07, 6.45) is 4.29. The molecule has 1 amide bonds. The van der Waals surface area contributed by atoms with Crippen LogP contribution in [0.3, 0.4) is 0 Å². The number of fused-ring (bicyclic) bond motifs is 1. The Morgan fingerprint density at radius 3 is 2.65 bits per heavy atom. The summed E-state index contributed by atoms with van der Waals surface area (Å²) < 4.78 is 27.3. The van der Waals surface area contributed by atoms with Crippen LogP contribution in [0.1, 0.15) is 12.5 Å². The van der Waals surface area contributed by atoms with Crippen LogP contribution in [0.2, 0.25) is 5.02 Å². The lowest BCUT2D eigenvalue weighted by Crippen LogP contribution is -2.29. The van der Waals surface area contributed by atoms with Crippen molar-refractivity contribution in [2.75, 3.05) is 0 Å². The second kappa shape index (κ2) is 7.27. The average molecular weight is 387 g/mol. The zero-order valence-electron chi connectivity index (χ0n) is 13.8. The highest BCUT2D eigenvalue weighted by molar-refractivity contribution is 7.90. The largest absolute Gasteiger partial charge is 0.269 e. The van der Waals surface area contributed by atoms with Gasteiger partial charge in [-0.25, -0.2) is 13.1 Å². The number of hydrogen-bond acceptors (Lipinski definition) is 4. The quantitative estimate of drug-likeness (QED) is 0.692. The molecule has 0 aliphatic heterocycles. The minimum atomic E-state index is -4.03. The van der Waals surface area contributed by atoms with Gasteiger partial charge < -0.3 is 0 Å². The maximum absolute atomic E-state index is 12.6. The number of aromatic nitrogens is 1. The van der Waals surface area contributed by atoms with E-state index in [1.807, 2.05) is 0 Å². The van der Waals surface area contributed by atoms with E-state index in [1.165, 1.54) is 18.3 Å². The van der Waals surface area contributed by atoms with Crippen molar-refractivity contribution in [1.29, 1.82) is 0 Å². The molecule has 1 aromatic heterocycles. The maximum Gasteiger partial charge on any atom is 0.264 e. The standard InChI is InChI=1S/C19H15ClN2O3S/c1-13(15-6-2-3-7-17(15)20)11-19(23)22-26(24,25)18-8-4-5-14-12-21-10-9-16(14)18/h2-12H,1H3,(H,22,23). The van der Waals surface area contributed by atoms with E-state index in [-0.39, 0.29) is 4.90 Å². The molecular weight excluding hydrogens is 372 g/mol. The number of halogens is 1. The topological polar surface area (TPSA) is 76.1 Å². The van der Waals surface area contributed by atoms with E-state index in [4.69, 9.17) is 11.6 Å². The van der Waals surface area contributed by atoms with E-state index < -0.39 is 15.9 Å². The van der Waals surface area contributed by atoms with Crippen LogP contribution < -0.4 is 4.72 Å². The summed E-state index contributed by atoms with van der Waals surface area (Å²) in [5.41, 5.74) is 1.23. The molecule has 0 saturated heterocycles. The first-order valence-electron chi connectivity index (χ1n) is 7.71. The van der Waals surface area contributed by atoms with E-state index >= 15 is 0 Å². The Kier molecular flexibility index (Phi) is 5.06. The first-order valence-corrected chi connectivity index (χ1v) is 9.57. The number of hydrogen-bond donors (Lipinski definition) is 1. The monoisotopic (exact) mass is 386 g/mol. The zero-order chi connectivity index (χ0) is 18.7. The normalized spacial score (nSPS) is 12.2. The highest BCUT2D eigenvalue weighted by Crippen LogP contribution is 2.24. The van der Waals surface area contributed by atoms with Gasteiger partial charge in [0.15, 0.2) is 0 Å². The van der Waals surface area contributed by atoms with Gasteiger partial charge in [-0.15, -0.1) is 0 Å². The third-order valence-electron chi connectivity index (χ3n) is 3.81. The molecule has 5 nitrogen and oxygen atoms in total. The van der Waals surface area contributed by atoms with Crippen LogP contribution in [-0.4, -0.2) is 19.3 Å². The van der Waals surface area contributed by atoms with Crippen molar-refractivity contribution in [3.63, 3.8) is 0 Å². The average Bonchev–Trinajstić information content (AvgIpc) is 2.61. The highest BCUT2D eigenvalue weighted by atomic mass is 35.5. The molecule has 0 bridgehead atoms. The smallest absolute Gasteiger partial charge is 0.264 e. The second-order valence-electron chi connectivity index (χ2n) is 5.63. The lowest BCUT2D eigenvalue weighted by Gasteiger charge is -2.09. The van der Waals surface area contributed by atoms with Gasteiger partial charge in [0.25, 0.3) is 15.9 Å². The van der Waals surface area contributed by atoms with Gasteiger partial charge in [-0.2, -0.15) is 0 Å². The molecule has 0 unspecified atom stereocenters. The van der Waals surface area contributed by atoms with Crippen molar-refractivity contribution in [2.45, 2.75) is 11.8 Å². The van der Waals surface area contributed by atoms with Gasteiger partial charge >= 0.3 is 0 Å². The third kappa shape index (κ3) is 3.76. The van der Waals surface area contributed by atoms with E-state index in [1.54, 1.807) is 55.6 Å². The number of nitrogens with zero attached hydrogens (tertiary/aromatic N) is 1. The van der Waals surface area contributed by atoms with E-state index in [0.29, 0.717) is 26.9 Å². The zero-order valence-corrected chi connectivity index (χ0v) is 15.4.